The standard InChI is InChI=1S/C66H99NO9Si4.C42H43NO9/c1-62(2,3)77(15,16)73-57(44-67-61(68)71-45-56-54-34-28-26-32-52(54)53-33-27-29-35-55(53)56)59(75-79(19,20)64(7,8)9)60(76-80(21,22)65(10,11)12)58(74-78(17,18)63(4,5)6)46-72-66(47-30-24-23-25-31-47,48-36-40-50(69-13)41-37-48)49-38-42-51(70-14)43-39-49;1-49-30-20-16-28(17-21-30)42(27-10-4-3-5-11-27,29-18-22-31(50-2)23-19-29)52-26-38(45)40(47)39(46)37(44)24-43-41(48)51-25-36-34-14-8-6-12-32(34)33-13-7-9-15-35(33)36/h23-43,56-60H,44-46H2,1-22H3,(H,67,68);3-23,36-40,44-47H,24-26H2,1-2H3,(H,43,48). The van der Waals surface area contributed by atoms with Crippen molar-refractivity contribution < 1.29 is 85.6 Å². The number of amides is 2. The van der Waals surface area contributed by atoms with E-state index in [1.165, 1.54) is 11.1 Å². The van der Waals surface area contributed by atoms with E-state index in [1.807, 2.05) is 133 Å². The highest BCUT2D eigenvalue weighted by Crippen LogP contribution is 2.51. The highest BCUT2D eigenvalue weighted by atomic mass is 28.4. The number of hydrogen-bond acceptors (Lipinski definition) is 18. The molecule has 10 aromatic carbocycles. The fourth-order valence-electron chi connectivity index (χ4n) is 16.2. The van der Waals surface area contributed by atoms with Crippen molar-refractivity contribution in [3.8, 4) is 45.3 Å². The number of rotatable bonds is 38. The van der Waals surface area contributed by atoms with Gasteiger partial charge in [0.05, 0.1) is 72.2 Å². The van der Waals surface area contributed by atoms with Gasteiger partial charge in [0.1, 0.15) is 65.7 Å². The minimum atomic E-state index is -2.76. The summed E-state index contributed by atoms with van der Waals surface area (Å²) in [6.45, 7) is 45.1. The van der Waals surface area contributed by atoms with E-state index < -0.39 is 119 Å². The highest BCUT2D eigenvalue weighted by molar-refractivity contribution is 6.75. The van der Waals surface area contributed by atoms with Gasteiger partial charge in [-0.25, -0.2) is 9.59 Å². The number of methoxy groups -OCH3 is 4. The van der Waals surface area contributed by atoms with Crippen LogP contribution < -0.4 is 29.6 Å². The van der Waals surface area contributed by atoms with E-state index in [0.717, 1.165) is 67.1 Å². The Labute approximate surface area is 787 Å². The average molecular weight is 1870 g/mol. The van der Waals surface area contributed by atoms with Gasteiger partial charge >= 0.3 is 12.2 Å². The molecule has 0 saturated heterocycles. The van der Waals surface area contributed by atoms with E-state index in [4.69, 9.17) is 55.6 Å². The molecule has 0 bridgehead atoms. The van der Waals surface area contributed by atoms with Gasteiger partial charge in [-0.2, -0.15) is 0 Å². The van der Waals surface area contributed by atoms with Crippen LogP contribution in [0.1, 0.15) is 151 Å². The molecule has 0 aliphatic heterocycles. The number of aliphatic hydroxyl groups excluding tert-OH is 4. The van der Waals surface area contributed by atoms with E-state index in [0.29, 0.717) is 22.6 Å². The Morgan fingerprint density at radius 3 is 0.864 bits per heavy atom. The number of alkyl carbamates (subject to hydrolysis) is 2. The van der Waals surface area contributed by atoms with Crippen molar-refractivity contribution in [2.75, 3.05) is 68.0 Å². The zero-order valence-corrected chi connectivity index (χ0v) is 85.8. The van der Waals surface area contributed by atoms with Crippen molar-refractivity contribution in [2.24, 2.45) is 0 Å². The van der Waals surface area contributed by atoms with Crippen LogP contribution in [0.5, 0.6) is 23.0 Å². The third-order valence-corrected chi connectivity index (χ3v) is 46.0. The summed E-state index contributed by atoms with van der Waals surface area (Å²) in [6, 6.07) is 83.5. The van der Waals surface area contributed by atoms with Crippen molar-refractivity contribution in [3.63, 3.8) is 0 Å². The molecule has 132 heavy (non-hydrogen) atoms. The molecule has 0 aromatic heterocycles. The van der Waals surface area contributed by atoms with Gasteiger partial charge in [-0.1, -0.05) is 289 Å². The number of ether oxygens (including phenoxy) is 8. The second-order valence-corrected chi connectivity index (χ2v) is 59.7. The molecule has 20 nitrogen and oxygen atoms in total. The first-order valence-electron chi connectivity index (χ1n) is 45.8. The molecular weight excluding hydrogens is 1730 g/mol. The largest absolute Gasteiger partial charge is 0.497 e. The topological polar surface area (TPSA) is 250 Å². The molecule has 708 valence electrons. The normalized spacial score (nSPS) is 15.2. The van der Waals surface area contributed by atoms with Crippen LogP contribution in [-0.2, 0) is 47.9 Å². The molecule has 2 aliphatic carbocycles. The van der Waals surface area contributed by atoms with Crippen LogP contribution in [0, 0.1) is 0 Å². The Bertz CT molecular complexity index is 5200. The zero-order valence-electron chi connectivity index (χ0n) is 81.8. The van der Waals surface area contributed by atoms with Gasteiger partial charge in [0.25, 0.3) is 0 Å². The van der Waals surface area contributed by atoms with E-state index in [9.17, 15) is 30.0 Å². The summed E-state index contributed by atoms with van der Waals surface area (Å²) in [5, 5.41) is 48.6. The summed E-state index contributed by atoms with van der Waals surface area (Å²) < 4.78 is 80.4. The monoisotopic (exact) mass is 1870 g/mol. The van der Waals surface area contributed by atoms with Crippen LogP contribution in [0.25, 0.3) is 22.3 Å². The fraction of sp³-hybridized carbons (Fsp3) is 0.426. The molecule has 12 rings (SSSR count). The van der Waals surface area contributed by atoms with Crippen LogP contribution in [-0.4, -0.2) is 183 Å². The van der Waals surface area contributed by atoms with E-state index in [2.05, 4.69) is 243 Å². The fourth-order valence-corrected chi connectivity index (χ4v) is 21.5. The van der Waals surface area contributed by atoms with E-state index in [-0.39, 0.29) is 58.4 Å². The molecule has 2 amide bonds. The maximum Gasteiger partial charge on any atom is 0.407 e. The molecule has 10 aromatic rings. The number of fused-ring (bicyclic) bond motifs is 6. The van der Waals surface area contributed by atoms with Crippen molar-refractivity contribution in [2.45, 2.75) is 227 Å². The predicted octanol–water partition coefficient (Wildman–Crippen LogP) is 22.1. The first-order valence-corrected chi connectivity index (χ1v) is 57.5. The van der Waals surface area contributed by atoms with Crippen LogP contribution in [0.15, 0.2) is 255 Å². The molecule has 6 N–H and O–H groups in total. The first kappa shape index (κ1) is 103. The van der Waals surface area contributed by atoms with Crippen LogP contribution in [0.4, 0.5) is 9.59 Å². The van der Waals surface area contributed by atoms with E-state index >= 15 is 0 Å². The third kappa shape index (κ3) is 23.5. The number of nitrogens with one attached hydrogen (secondary N) is 2. The smallest absolute Gasteiger partial charge is 0.407 e. The van der Waals surface area contributed by atoms with Crippen molar-refractivity contribution in [1.29, 1.82) is 0 Å². The Hall–Kier alpha value is -9.59. The van der Waals surface area contributed by atoms with Crippen LogP contribution in [0.3, 0.4) is 0 Å². The van der Waals surface area contributed by atoms with Crippen molar-refractivity contribution >= 4 is 45.5 Å². The summed E-state index contributed by atoms with van der Waals surface area (Å²) in [4.78, 5) is 27.2. The number of carbonyl (C=O) groups is 2. The number of carbonyl (C=O) groups excluding carboxylic acids is 2. The molecular formula is C108H142N2O18Si4. The number of hydrogen-bond donors (Lipinski definition) is 6. The summed E-state index contributed by atoms with van der Waals surface area (Å²) in [6.07, 6.45) is -11.2. The number of benzene rings is 10. The molecule has 0 spiro atoms. The Morgan fingerprint density at radius 1 is 0.311 bits per heavy atom. The van der Waals surface area contributed by atoms with Gasteiger partial charge < -0.3 is 86.7 Å². The second-order valence-electron chi connectivity index (χ2n) is 40.7. The number of aliphatic hydroxyl groups is 4. The SMILES string of the molecule is COc1ccc(C(OCC(O)C(O)C(O)C(O)CNC(=O)OCC2c3ccccc3-c3ccccc32)(c2ccccc2)c2ccc(OC)cc2)cc1.COc1ccc(C(OCC(O[Si](C)(C)C(C)(C)C)C(O[Si](C)(C)C(C)(C)C)C(O[Si](C)(C)C(C)(C)C)C(CNC(=O)OCC2c3ccccc3-c3ccccc32)O[Si](C)(C)C(C)(C)C)(c2ccccc2)c2ccc(OC)cc2)cc1. The third-order valence-electron chi connectivity index (χ3n) is 28.0. The van der Waals surface area contributed by atoms with Gasteiger partial charge in [0.15, 0.2) is 33.3 Å². The molecule has 0 fully saturated rings. The lowest BCUT2D eigenvalue weighted by molar-refractivity contribution is -0.133. The van der Waals surface area contributed by atoms with Gasteiger partial charge in [-0.15, -0.1) is 0 Å². The molecule has 8 atom stereocenters. The Balaban J connectivity index is 0.000000278. The van der Waals surface area contributed by atoms with Crippen molar-refractivity contribution in [1.82, 2.24) is 10.6 Å². The molecule has 2 aliphatic rings. The Kier molecular flexibility index (Phi) is 33.5. The van der Waals surface area contributed by atoms with Crippen molar-refractivity contribution in [3.05, 3.63) is 310 Å². The minimum Gasteiger partial charge on any atom is -0.497 e. The lowest BCUT2D eigenvalue weighted by Gasteiger charge is -2.52. The molecule has 0 saturated carbocycles. The first-order chi connectivity index (χ1) is 62.3. The minimum absolute atomic E-state index is 0.0722. The predicted molar refractivity (Wildman–Crippen MR) is 535 cm³/mol. The maximum absolute atomic E-state index is 14.5. The summed E-state index contributed by atoms with van der Waals surface area (Å²) in [7, 11) is -4.40. The second kappa shape index (κ2) is 43.0. The van der Waals surface area contributed by atoms with Gasteiger partial charge in [0.2, 0.25) is 0 Å². The van der Waals surface area contributed by atoms with Gasteiger partial charge in [-0.3, -0.25) is 0 Å². The maximum atomic E-state index is 14.5. The summed E-state index contributed by atoms with van der Waals surface area (Å²) in [5.74, 6) is 2.50. The molecule has 0 heterocycles. The van der Waals surface area contributed by atoms with Crippen LogP contribution >= 0.6 is 0 Å². The van der Waals surface area contributed by atoms with Crippen LogP contribution in [0.2, 0.25) is 72.5 Å². The lowest BCUT2D eigenvalue weighted by Crippen LogP contribution is -2.64. The summed E-state index contributed by atoms with van der Waals surface area (Å²) in [5.41, 5.74) is 11.4. The average Bonchev–Trinajstić information content (AvgIpc) is 0.831. The van der Waals surface area contributed by atoms with E-state index in [1.54, 1.807) is 52.7 Å². The van der Waals surface area contributed by atoms with Gasteiger partial charge in [0, 0.05) is 24.9 Å². The lowest BCUT2D eigenvalue weighted by atomic mass is 9.80. The molecule has 0 radical (unpaired) electrons. The molecule has 8 unspecified atom stereocenters. The highest BCUT2D eigenvalue weighted by Gasteiger charge is 2.55. The zero-order chi connectivity index (χ0) is 96.2. The van der Waals surface area contributed by atoms with Gasteiger partial charge in [-0.05, 0) is 199 Å². The Morgan fingerprint density at radius 2 is 0.561 bits per heavy atom. The summed E-state index contributed by atoms with van der Waals surface area (Å²) >= 11 is 0. The quantitative estimate of drug-likeness (QED) is 0.0155. The molecule has 24 heteroatoms.